The highest BCUT2D eigenvalue weighted by Gasteiger charge is 2.28. The first-order valence-electron chi connectivity index (χ1n) is 7.42. The largest absolute Gasteiger partial charge is 0.348 e. The molecule has 0 unspecified atom stereocenters. The van der Waals surface area contributed by atoms with Crippen LogP contribution >= 0.6 is 23.1 Å². The van der Waals surface area contributed by atoms with Crippen molar-refractivity contribution in [3.05, 3.63) is 35.9 Å². The molecule has 1 aromatic carbocycles. The molecule has 0 saturated carbocycles. The highest BCUT2D eigenvalue weighted by Crippen LogP contribution is 2.30. The second kappa shape index (κ2) is 6.71. The molecule has 0 spiro atoms. The van der Waals surface area contributed by atoms with Gasteiger partial charge in [-0.25, -0.2) is 4.98 Å². The molecule has 3 rings (SSSR count). The van der Waals surface area contributed by atoms with Crippen molar-refractivity contribution in [2.24, 2.45) is 5.41 Å². The third-order valence-electron chi connectivity index (χ3n) is 3.51. The zero-order valence-corrected chi connectivity index (χ0v) is 14.8. The number of hydrogen-bond donors (Lipinski definition) is 0. The number of benzene rings is 1. The molecule has 5 heteroatoms. The summed E-state index contributed by atoms with van der Waals surface area (Å²) in [6, 6.07) is 8.25. The molecule has 1 saturated heterocycles. The maximum Gasteiger partial charge on any atom is 0.179 e. The Morgan fingerprint density at radius 3 is 2.82 bits per heavy atom. The van der Waals surface area contributed by atoms with Crippen LogP contribution in [0.15, 0.2) is 40.3 Å². The minimum atomic E-state index is -0.191. The Labute approximate surface area is 139 Å². The summed E-state index contributed by atoms with van der Waals surface area (Å²) in [6.45, 7) is 7.88. The number of fused-ring (bicyclic) bond motifs is 1. The van der Waals surface area contributed by atoms with Gasteiger partial charge in [-0.3, -0.25) is 0 Å². The van der Waals surface area contributed by atoms with Crippen molar-refractivity contribution in [3.8, 4) is 0 Å². The van der Waals surface area contributed by atoms with Crippen molar-refractivity contribution in [1.29, 1.82) is 0 Å². The van der Waals surface area contributed by atoms with Gasteiger partial charge in [0.25, 0.3) is 0 Å². The Kier molecular flexibility index (Phi) is 4.88. The minimum Gasteiger partial charge on any atom is -0.348 e. The number of thiazole rings is 1. The maximum atomic E-state index is 5.79. The van der Waals surface area contributed by atoms with E-state index in [4.69, 9.17) is 9.47 Å². The van der Waals surface area contributed by atoms with Gasteiger partial charge in [0, 0.05) is 11.2 Å². The molecule has 118 valence electrons. The Morgan fingerprint density at radius 2 is 2.09 bits per heavy atom. The van der Waals surface area contributed by atoms with Crippen LogP contribution in [0.5, 0.6) is 0 Å². The van der Waals surface area contributed by atoms with Crippen molar-refractivity contribution in [3.63, 3.8) is 0 Å². The number of hydrogen-bond acceptors (Lipinski definition) is 5. The zero-order chi connectivity index (χ0) is 15.6. The van der Waals surface area contributed by atoms with Crippen molar-refractivity contribution < 1.29 is 9.47 Å². The Bertz CT molecular complexity index is 635. The smallest absolute Gasteiger partial charge is 0.179 e. The summed E-state index contributed by atoms with van der Waals surface area (Å²) >= 11 is 3.50. The van der Waals surface area contributed by atoms with Crippen LogP contribution in [0.25, 0.3) is 10.2 Å². The predicted octanol–water partition coefficient (Wildman–Crippen LogP) is 4.73. The van der Waals surface area contributed by atoms with Crippen LogP contribution in [0.4, 0.5) is 0 Å². The van der Waals surface area contributed by atoms with Crippen molar-refractivity contribution in [2.75, 3.05) is 19.0 Å². The minimum absolute atomic E-state index is 0.118. The molecular weight excluding hydrogens is 314 g/mol. The van der Waals surface area contributed by atoms with Gasteiger partial charge in [-0.2, -0.15) is 0 Å². The third-order valence-corrected chi connectivity index (χ3v) is 5.62. The van der Waals surface area contributed by atoms with Crippen LogP contribution in [0, 0.1) is 5.41 Å². The van der Waals surface area contributed by atoms with E-state index < -0.39 is 0 Å². The quantitative estimate of drug-likeness (QED) is 0.597. The van der Waals surface area contributed by atoms with E-state index in [1.54, 1.807) is 23.1 Å². The fourth-order valence-electron chi connectivity index (χ4n) is 2.21. The standard InChI is InChI=1S/C17H21NO2S2/c1-12(15-19-10-17(2,3)11-20-15)8-9-21-16-18-13-6-4-5-7-14(13)22-16/h4-8,15H,9-11H2,1-3H3/b12-8-. The lowest BCUT2D eigenvalue weighted by Crippen LogP contribution is -2.38. The number of ether oxygens (including phenoxy) is 2. The van der Waals surface area contributed by atoms with E-state index in [2.05, 4.69) is 50.0 Å². The van der Waals surface area contributed by atoms with Crippen LogP contribution in [-0.2, 0) is 9.47 Å². The van der Waals surface area contributed by atoms with Gasteiger partial charge < -0.3 is 9.47 Å². The van der Waals surface area contributed by atoms with Gasteiger partial charge in [0.05, 0.1) is 23.4 Å². The Balaban J connectivity index is 1.55. The predicted molar refractivity (Wildman–Crippen MR) is 93.6 cm³/mol. The molecule has 0 aliphatic carbocycles. The second-order valence-electron chi connectivity index (χ2n) is 6.32. The number of para-hydroxylation sites is 1. The summed E-state index contributed by atoms with van der Waals surface area (Å²) in [7, 11) is 0. The molecule has 1 aliphatic heterocycles. The second-order valence-corrected chi connectivity index (χ2v) is 8.62. The van der Waals surface area contributed by atoms with Gasteiger partial charge in [0.15, 0.2) is 10.6 Å². The molecule has 1 aliphatic rings. The third kappa shape index (κ3) is 3.90. The lowest BCUT2D eigenvalue weighted by molar-refractivity contribution is -0.202. The molecule has 2 heterocycles. The fourth-order valence-corrected chi connectivity index (χ4v) is 4.27. The molecule has 1 fully saturated rings. The first kappa shape index (κ1) is 16.0. The summed E-state index contributed by atoms with van der Waals surface area (Å²) < 4.78 is 13.9. The van der Waals surface area contributed by atoms with Crippen LogP contribution in [0.2, 0.25) is 0 Å². The SMILES string of the molecule is C/C(=C/CSc1nc2ccccc2s1)C1OCC(C)(C)CO1. The molecular formula is C17H21NO2S2. The fraction of sp³-hybridized carbons (Fsp3) is 0.471. The molecule has 2 aromatic rings. The lowest BCUT2D eigenvalue weighted by atomic mass is 9.95. The van der Waals surface area contributed by atoms with Crippen LogP contribution in [-0.4, -0.2) is 30.2 Å². The van der Waals surface area contributed by atoms with Crippen LogP contribution in [0.3, 0.4) is 0 Å². The van der Waals surface area contributed by atoms with E-state index >= 15 is 0 Å². The highest BCUT2D eigenvalue weighted by molar-refractivity contribution is 8.01. The average Bonchev–Trinajstić information content (AvgIpc) is 2.89. The van der Waals surface area contributed by atoms with E-state index in [1.807, 2.05) is 6.07 Å². The maximum absolute atomic E-state index is 5.79. The number of nitrogens with zero attached hydrogens (tertiary/aromatic N) is 1. The van der Waals surface area contributed by atoms with Gasteiger partial charge in [0.2, 0.25) is 0 Å². The average molecular weight is 335 g/mol. The summed E-state index contributed by atoms with van der Waals surface area (Å²) in [5, 5.41) is 0. The van der Waals surface area contributed by atoms with Gasteiger partial charge in [-0.05, 0) is 24.6 Å². The zero-order valence-electron chi connectivity index (χ0n) is 13.2. The molecule has 0 N–H and O–H groups in total. The number of thioether (sulfide) groups is 1. The molecule has 0 radical (unpaired) electrons. The van der Waals surface area contributed by atoms with Crippen molar-refractivity contribution >= 4 is 33.3 Å². The van der Waals surface area contributed by atoms with Gasteiger partial charge in [-0.15, -0.1) is 11.3 Å². The first-order chi connectivity index (χ1) is 10.5. The van der Waals surface area contributed by atoms with E-state index in [-0.39, 0.29) is 11.7 Å². The molecule has 1 aromatic heterocycles. The molecule has 0 bridgehead atoms. The topological polar surface area (TPSA) is 31.4 Å². The first-order valence-corrected chi connectivity index (χ1v) is 9.22. The number of aromatic nitrogens is 1. The molecule has 0 amide bonds. The lowest BCUT2D eigenvalue weighted by Gasteiger charge is -2.35. The number of rotatable bonds is 4. The van der Waals surface area contributed by atoms with Crippen LogP contribution in [0.1, 0.15) is 20.8 Å². The highest BCUT2D eigenvalue weighted by atomic mass is 32.2. The molecule has 0 atom stereocenters. The van der Waals surface area contributed by atoms with E-state index in [0.29, 0.717) is 0 Å². The Hall–Kier alpha value is -0.880. The van der Waals surface area contributed by atoms with Crippen molar-refractivity contribution in [2.45, 2.75) is 31.4 Å². The molecule has 22 heavy (non-hydrogen) atoms. The monoisotopic (exact) mass is 335 g/mol. The van der Waals surface area contributed by atoms with Gasteiger partial charge in [0.1, 0.15) is 0 Å². The van der Waals surface area contributed by atoms with Crippen molar-refractivity contribution in [1.82, 2.24) is 4.98 Å². The van der Waals surface area contributed by atoms with Gasteiger partial charge >= 0.3 is 0 Å². The Morgan fingerprint density at radius 1 is 1.36 bits per heavy atom. The summed E-state index contributed by atoms with van der Waals surface area (Å²) in [5.74, 6) is 0.887. The summed E-state index contributed by atoms with van der Waals surface area (Å²) in [4.78, 5) is 4.63. The summed E-state index contributed by atoms with van der Waals surface area (Å²) in [5.41, 5.74) is 2.34. The summed E-state index contributed by atoms with van der Waals surface area (Å²) in [6.07, 6.45) is 1.99. The van der Waals surface area contributed by atoms with E-state index in [9.17, 15) is 0 Å². The van der Waals surface area contributed by atoms with Crippen LogP contribution < -0.4 is 0 Å². The normalized spacial score (nSPS) is 19.7. The van der Waals surface area contributed by atoms with Gasteiger partial charge in [-0.1, -0.05) is 43.8 Å². The van der Waals surface area contributed by atoms with E-state index in [0.717, 1.165) is 34.4 Å². The van der Waals surface area contributed by atoms with E-state index in [1.165, 1.54) is 4.70 Å². The molecule has 3 nitrogen and oxygen atoms in total.